The number of benzene rings is 3. The molecular formula is C25H27N3O6S. The second-order valence-corrected chi connectivity index (χ2v) is 9.71. The molecule has 0 radical (unpaired) electrons. The van der Waals surface area contributed by atoms with Crippen LogP contribution in [0.3, 0.4) is 0 Å². The largest absolute Gasteiger partial charge is 0.506 e. The maximum Gasteiger partial charge on any atom is 0.262 e. The minimum Gasteiger partial charge on any atom is -0.506 e. The summed E-state index contributed by atoms with van der Waals surface area (Å²) in [7, 11) is -2.58. The van der Waals surface area contributed by atoms with Gasteiger partial charge in [-0.1, -0.05) is 24.3 Å². The van der Waals surface area contributed by atoms with E-state index in [0.717, 1.165) is 18.7 Å². The van der Waals surface area contributed by atoms with Crippen LogP contribution in [0.4, 0.5) is 11.4 Å². The van der Waals surface area contributed by atoms with Crippen molar-refractivity contribution in [2.75, 3.05) is 43.5 Å². The Morgan fingerprint density at radius 2 is 1.80 bits per heavy atom. The maximum absolute atomic E-state index is 12.9. The second kappa shape index (κ2) is 10.8. The molecule has 1 saturated heterocycles. The first kappa shape index (κ1) is 24.5. The molecule has 184 valence electrons. The Hall–Kier alpha value is -3.60. The SMILES string of the molecule is COc1ccccc1NS(=O)(=O)c1ccc(O)c(NC(=O)c2cccc(CN3CCOCC3)c2)c1. The lowest BCUT2D eigenvalue weighted by Gasteiger charge is -2.26. The van der Waals surface area contributed by atoms with Crippen molar-refractivity contribution in [2.24, 2.45) is 0 Å². The van der Waals surface area contributed by atoms with Gasteiger partial charge in [0.1, 0.15) is 11.5 Å². The Balaban J connectivity index is 1.51. The first-order chi connectivity index (χ1) is 16.9. The lowest BCUT2D eigenvalue weighted by atomic mass is 10.1. The summed E-state index contributed by atoms with van der Waals surface area (Å²) < 4.78 is 38.9. The molecule has 1 aliphatic heterocycles. The number of phenolic OH excluding ortho intramolecular Hbond substituents is 1. The van der Waals surface area contributed by atoms with Crippen molar-refractivity contribution < 1.29 is 27.8 Å². The number of aromatic hydroxyl groups is 1. The van der Waals surface area contributed by atoms with E-state index < -0.39 is 15.9 Å². The predicted molar refractivity (Wildman–Crippen MR) is 132 cm³/mol. The number of para-hydroxylation sites is 2. The van der Waals surface area contributed by atoms with Crippen LogP contribution < -0.4 is 14.8 Å². The van der Waals surface area contributed by atoms with Gasteiger partial charge >= 0.3 is 0 Å². The molecule has 0 aliphatic carbocycles. The second-order valence-electron chi connectivity index (χ2n) is 8.03. The van der Waals surface area contributed by atoms with E-state index in [2.05, 4.69) is 14.9 Å². The van der Waals surface area contributed by atoms with Crippen molar-refractivity contribution in [3.05, 3.63) is 77.9 Å². The summed E-state index contributed by atoms with van der Waals surface area (Å²) >= 11 is 0. The van der Waals surface area contributed by atoms with Crippen LogP contribution in [0.1, 0.15) is 15.9 Å². The molecule has 0 aromatic heterocycles. The predicted octanol–water partition coefficient (Wildman–Crippen LogP) is 3.29. The normalized spacial score (nSPS) is 14.3. The third kappa shape index (κ3) is 6.10. The number of ether oxygens (including phenoxy) is 2. The van der Waals surface area contributed by atoms with Gasteiger partial charge in [0.05, 0.1) is 36.6 Å². The van der Waals surface area contributed by atoms with Crippen molar-refractivity contribution in [3.63, 3.8) is 0 Å². The van der Waals surface area contributed by atoms with Crippen LogP contribution in [0.5, 0.6) is 11.5 Å². The molecule has 1 fully saturated rings. The number of morpholine rings is 1. The van der Waals surface area contributed by atoms with Gasteiger partial charge in [-0.2, -0.15) is 0 Å². The maximum atomic E-state index is 12.9. The van der Waals surface area contributed by atoms with Crippen molar-refractivity contribution in [1.82, 2.24) is 4.90 Å². The standard InChI is InChI=1S/C25H27N3O6S/c1-33-24-8-3-2-7-21(24)27-35(31,32)20-9-10-23(29)22(16-20)26-25(30)19-6-4-5-18(15-19)17-28-11-13-34-14-12-28/h2-10,15-16,27,29H,11-14,17H2,1H3,(H,26,30). The van der Waals surface area contributed by atoms with Crippen LogP contribution in [-0.2, 0) is 21.3 Å². The summed E-state index contributed by atoms with van der Waals surface area (Å²) in [5.41, 5.74) is 1.62. The molecule has 1 amide bonds. The van der Waals surface area contributed by atoms with E-state index in [9.17, 15) is 18.3 Å². The minimum atomic E-state index is -4.02. The van der Waals surface area contributed by atoms with Crippen molar-refractivity contribution in [1.29, 1.82) is 0 Å². The molecule has 3 aromatic carbocycles. The van der Waals surface area contributed by atoms with E-state index in [1.54, 1.807) is 42.5 Å². The zero-order chi connectivity index (χ0) is 24.8. The summed E-state index contributed by atoms with van der Waals surface area (Å²) in [4.78, 5) is 15.0. The van der Waals surface area contributed by atoms with Crippen molar-refractivity contribution in [2.45, 2.75) is 11.4 Å². The molecule has 0 bridgehead atoms. The lowest BCUT2D eigenvalue weighted by molar-refractivity contribution is 0.0342. The van der Waals surface area contributed by atoms with Crippen LogP contribution in [-0.4, -0.2) is 57.7 Å². The summed E-state index contributed by atoms with van der Waals surface area (Å²) in [5, 5.41) is 12.9. The number of carbonyl (C=O) groups is 1. The highest BCUT2D eigenvalue weighted by atomic mass is 32.2. The molecule has 35 heavy (non-hydrogen) atoms. The van der Waals surface area contributed by atoms with Gasteiger partial charge < -0.3 is 19.9 Å². The Kier molecular flexibility index (Phi) is 7.54. The molecule has 0 spiro atoms. The highest BCUT2D eigenvalue weighted by Crippen LogP contribution is 2.30. The molecule has 4 rings (SSSR count). The summed E-state index contributed by atoms with van der Waals surface area (Å²) in [6.45, 7) is 3.72. The molecule has 0 saturated carbocycles. The number of amides is 1. The number of hydrogen-bond donors (Lipinski definition) is 3. The number of rotatable bonds is 8. The van der Waals surface area contributed by atoms with Gasteiger partial charge in [0.2, 0.25) is 0 Å². The van der Waals surface area contributed by atoms with Gasteiger partial charge in [-0.15, -0.1) is 0 Å². The van der Waals surface area contributed by atoms with E-state index in [0.29, 0.717) is 31.1 Å². The number of sulfonamides is 1. The summed E-state index contributed by atoms with van der Waals surface area (Å²) in [5.74, 6) is -0.351. The number of phenols is 1. The van der Waals surface area contributed by atoms with Crippen LogP contribution in [0.25, 0.3) is 0 Å². The van der Waals surface area contributed by atoms with Gasteiger partial charge in [0.15, 0.2) is 0 Å². The van der Waals surface area contributed by atoms with Crippen LogP contribution in [0.15, 0.2) is 71.6 Å². The molecule has 0 atom stereocenters. The van der Waals surface area contributed by atoms with E-state index in [-0.39, 0.29) is 22.0 Å². The van der Waals surface area contributed by atoms with Gasteiger partial charge in [0, 0.05) is 25.2 Å². The fourth-order valence-corrected chi connectivity index (χ4v) is 4.83. The van der Waals surface area contributed by atoms with Crippen molar-refractivity contribution in [3.8, 4) is 11.5 Å². The van der Waals surface area contributed by atoms with Gasteiger partial charge in [0.25, 0.3) is 15.9 Å². The van der Waals surface area contributed by atoms with E-state index in [1.165, 1.54) is 25.3 Å². The van der Waals surface area contributed by atoms with E-state index in [4.69, 9.17) is 9.47 Å². The number of nitrogens with zero attached hydrogens (tertiary/aromatic N) is 1. The molecule has 3 aromatic rings. The molecule has 9 nitrogen and oxygen atoms in total. The third-order valence-electron chi connectivity index (χ3n) is 5.58. The van der Waals surface area contributed by atoms with Gasteiger partial charge in [-0.05, 0) is 48.0 Å². The third-order valence-corrected chi connectivity index (χ3v) is 6.94. The molecule has 1 aliphatic rings. The zero-order valence-corrected chi connectivity index (χ0v) is 20.0. The fourth-order valence-electron chi connectivity index (χ4n) is 3.74. The highest BCUT2D eigenvalue weighted by molar-refractivity contribution is 7.92. The molecule has 10 heteroatoms. The van der Waals surface area contributed by atoms with Gasteiger partial charge in [-0.3, -0.25) is 14.4 Å². The first-order valence-corrected chi connectivity index (χ1v) is 12.5. The molecule has 1 heterocycles. The number of carbonyl (C=O) groups excluding carboxylic acids is 1. The first-order valence-electron chi connectivity index (χ1n) is 11.0. The number of anilines is 2. The van der Waals surface area contributed by atoms with Crippen LogP contribution >= 0.6 is 0 Å². The van der Waals surface area contributed by atoms with E-state index >= 15 is 0 Å². The quantitative estimate of drug-likeness (QED) is 0.409. The molecular weight excluding hydrogens is 470 g/mol. The Labute approximate surface area is 204 Å². The Bertz CT molecular complexity index is 1310. The molecule has 3 N–H and O–H groups in total. The smallest absolute Gasteiger partial charge is 0.262 e. The number of hydrogen-bond acceptors (Lipinski definition) is 7. The minimum absolute atomic E-state index is 0.0171. The average Bonchev–Trinajstić information content (AvgIpc) is 2.86. The van der Waals surface area contributed by atoms with Crippen molar-refractivity contribution >= 4 is 27.3 Å². The van der Waals surface area contributed by atoms with Crippen LogP contribution in [0, 0.1) is 0 Å². The van der Waals surface area contributed by atoms with Gasteiger partial charge in [-0.25, -0.2) is 8.42 Å². The summed E-state index contributed by atoms with van der Waals surface area (Å²) in [6, 6.07) is 17.5. The fraction of sp³-hybridized carbons (Fsp3) is 0.240. The average molecular weight is 498 g/mol. The Morgan fingerprint density at radius 1 is 1.03 bits per heavy atom. The highest BCUT2D eigenvalue weighted by Gasteiger charge is 2.20. The topological polar surface area (TPSA) is 117 Å². The van der Waals surface area contributed by atoms with E-state index in [1.807, 2.05) is 6.07 Å². The molecule has 0 unspecified atom stereocenters. The lowest BCUT2D eigenvalue weighted by Crippen LogP contribution is -2.35. The van der Waals surface area contributed by atoms with Crippen LogP contribution in [0.2, 0.25) is 0 Å². The summed E-state index contributed by atoms with van der Waals surface area (Å²) in [6.07, 6.45) is 0. The Morgan fingerprint density at radius 3 is 2.57 bits per heavy atom. The zero-order valence-electron chi connectivity index (χ0n) is 19.2. The number of methoxy groups -OCH3 is 1. The number of nitrogens with one attached hydrogen (secondary N) is 2. The monoisotopic (exact) mass is 497 g/mol.